The maximum absolute atomic E-state index is 4.45. The Morgan fingerprint density at radius 2 is 2.19 bits per heavy atom. The van der Waals surface area contributed by atoms with Crippen LogP contribution in [0.15, 0.2) is 12.4 Å². The number of hydrogen-bond acceptors (Lipinski definition) is 2. The van der Waals surface area contributed by atoms with E-state index in [1.165, 1.54) is 37.9 Å². The third-order valence-electron chi connectivity index (χ3n) is 3.62. The normalized spacial score (nSPS) is 19.9. The van der Waals surface area contributed by atoms with Crippen LogP contribution in [-0.2, 0) is 7.05 Å². The first-order valence-electron chi connectivity index (χ1n) is 6.54. The number of rotatable bonds is 4. The molecule has 1 aromatic rings. The number of nitrogens with zero attached hydrogens (tertiary/aromatic N) is 2. The van der Waals surface area contributed by atoms with E-state index in [0.29, 0.717) is 12.1 Å². The minimum Gasteiger partial charge on any atom is -0.337 e. The number of hydrogen-bond donors (Lipinski definition) is 1. The van der Waals surface area contributed by atoms with Crippen molar-refractivity contribution in [3.63, 3.8) is 0 Å². The van der Waals surface area contributed by atoms with Gasteiger partial charge in [0.1, 0.15) is 5.82 Å². The SMILES string of the molecule is CCC(NC1CCCCC1)c1nccn1C. The molecule has 1 N–H and O–H groups in total. The van der Waals surface area contributed by atoms with Crippen molar-refractivity contribution in [2.24, 2.45) is 7.05 Å². The van der Waals surface area contributed by atoms with Gasteiger partial charge in [0.05, 0.1) is 6.04 Å². The third kappa shape index (κ3) is 2.64. The molecular weight excluding hydrogens is 198 g/mol. The topological polar surface area (TPSA) is 29.9 Å². The van der Waals surface area contributed by atoms with Crippen LogP contribution < -0.4 is 5.32 Å². The summed E-state index contributed by atoms with van der Waals surface area (Å²) in [5, 5.41) is 3.77. The highest BCUT2D eigenvalue weighted by atomic mass is 15.1. The molecule has 2 rings (SSSR count). The molecule has 1 heterocycles. The van der Waals surface area contributed by atoms with Crippen LogP contribution in [0, 0.1) is 0 Å². The number of aryl methyl sites for hydroxylation is 1. The van der Waals surface area contributed by atoms with Crippen LogP contribution in [-0.4, -0.2) is 15.6 Å². The van der Waals surface area contributed by atoms with Crippen molar-refractivity contribution in [2.45, 2.75) is 57.5 Å². The summed E-state index contributed by atoms with van der Waals surface area (Å²) in [5.41, 5.74) is 0. The van der Waals surface area contributed by atoms with Crippen molar-refractivity contribution in [3.05, 3.63) is 18.2 Å². The van der Waals surface area contributed by atoms with Gasteiger partial charge in [0.25, 0.3) is 0 Å². The number of aromatic nitrogens is 2. The first-order chi connectivity index (χ1) is 7.81. The van der Waals surface area contributed by atoms with Crippen LogP contribution in [0.1, 0.15) is 57.3 Å². The van der Waals surface area contributed by atoms with Crippen molar-refractivity contribution >= 4 is 0 Å². The fraction of sp³-hybridized carbons (Fsp3) is 0.769. The third-order valence-corrected chi connectivity index (χ3v) is 3.62. The van der Waals surface area contributed by atoms with E-state index in [1.807, 2.05) is 12.4 Å². The lowest BCUT2D eigenvalue weighted by atomic mass is 9.94. The first-order valence-corrected chi connectivity index (χ1v) is 6.54. The molecule has 0 aliphatic heterocycles. The Labute approximate surface area is 98.3 Å². The molecule has 0 spiro atoms. The van der Waals surface area contributed by atoms with E-state index in [0.717, 1.165) is 6.42 Å². The summed E-state index contributed by atoms with van der Waals surface area (Å²) in [4.78, 5) is 4.45. The van der Waals surface area contributed by atoms with Crippen LogP contribution in [0.25, 0.3) is 0 Å². The van der Waals surface area contributed by atoms with Gasteiger partial charge < -0.3 is 9.88 Å². The van der Waals surface area contributed by atoms with Gasteiger partial charge in [0, 0.05) is 25.5 Å². The summed E-state index contributed by atoms with van der Waals surface area (Å²) in [6.45, 7) is 2.23. The van der Waals surface area contributed by atoms with Crippen molar-refractivity contribution in [3.8, 4) is 0 Å². The van der Waals surface area contributed by atoms with Gasteiger partial charge in [-0.1, -0.05) is 26.2 Å². The Morgan fingerprint density at radius 1 is 1.44 bits per heavy atom. The molecule has 1 fully saturated rings. The second-order valence-corrected chi connectivity index (χ2v) is 4.86. The quantitative estimate of drug-likeness (QED) is 0.847. The van der Waals surface area contributed by atoms with Crippen LogP contribution in [0.2, 0.25) is 0 Å². The van der Waals surface area contributed by atoms with Gasteiger partial charge >= 0.3 is 0 Å². The van der Waals surface area contributed by atoms with E-state index in [1.54, 1.807) is 0 Å². The van der Waals surface area contributed by atoms with Crippen LogP contribution in [0.5, 0.6) is 0 Å². The van der Waals surface area contributed by atoms with Gasteiger partial charge in [-0.05, 0) is 19.3 Å². The summed E-state index contributed by atoms with van der Waals surface area (Å²) in [6.07, 6.45) is 11.9. The Morgan fingerprint density at radius 3 is 2.75 bits per heavy atom. The molecule has 16 heavy (non-hydrogen) atoms. The zero-order chi connectivity index (χ0) is 11.4. The van der Waals surface area contributed by atoms with E-state index in [-0.39, 0.29) is 0 Å². The van der Waals surface area contributed by atoms with Gasteiger partial charge in [-0.25, -0.2) is 4.98 Å². The summed E-state index contributed by atoms with van der Waals surface area (Å²) in [5.74, 6) is 1.17. The average molecular weight is 221 g/mol. The summed E-state index contributed by atoms with van der Waals surface area (Å²) < 4.78 is 2.13. The van der Waals surface area contributed by atoms with Gasteiger partial charge in [-0.15, -0.1) is 0 Å². The fourth-order valence-electron chi connectivity index (χ4n) is 2.64. The Balaban J connectivity index is 1.97. The fourth-order valence-corrected chi connectivity index (χ4v) is 2.64. The highest BCUT2D eigenvalue weighted by Crippen LogP contribution is 2.22. The van der Waals surface area contributed by atoms with E-state index in [9.17, 15) is 0 Å². The van der Waals surface area contributed by atoms with Crippen LogP contribution >= 0.6 is 0 Å². The summed E-state index contributed by atoms with van der Waals surface area (Å²) >= 11 is 0. The lowest BCUT2D eigenvalue weighted by molar-refractivity contribution is 0.325. The first kappa shape index (κ1) is 11.6. The van der Waals surface area contributed by atoms with E-state index < -0.39 is 0 Å². The molecule has 0 amide bonds. The van der Waals surface area contributed by atoms with Crippen LogP contribution in [0.4, 0.5) is 0 Å². The highest BCUT2D eigenvalue weighted by Gasteiger charge is 2.20. The smallest absolute Gasteiger partial charge is 0.125 e. The molecular formula is C13H23N3. The van der Waals surface area contributed by atoms with Crippen molar-refractivity contribution in [1.82, 2.24) is 14.9 Å². The lowest BCUT2D eigenvalue weighted by Crippen LogP contribution is -2.35. The second kappa shape index (κ2) is 5.48. The van der Waals surface area contributed by atoms with E-state index in [4.69, 9.17) is 0 Å². The Kier molecular flexibility index (Phi) is 3.99. The van der Waals surface area contributed by atoms with Crippen molar-refractivity contribution in [1.29, 1.82) is 0 Å². The standard InChI is InChI=1S/C13H23N3/c1-3-12(13-14-9-10-16(13)2)15-11-7-5-4-6-8-11/h9-12,15H,3-8H2,1-2H3. The van der Waals surface area contributed by atoms with Gasteiger partial charge in [-0.2, -0.15) is 0 Å². The van der Waals surface area contributed by atoms with Crippen molar-refractivity contribution < 1.29 is 0 Å². The molecule has 90 valence electrons. The van der Waals surface area contributed by atoms with Gasteiger partial charge in [0.15, 0.2) is 0 Å². The van der Waals surface area contributed by atoms with E-state index >= 15 is 0 Å². The zero-order valence-corrected chi connectivity index (χ0v) is 10.4. The molecule has 3 heteroatoms. The maximum atomic E-state index is 4.45. The monoisotopic (exact) mass is 221 g/mol. The number of nitrogens with one attached hydrogen (secondary N) is 1. The minimum atomic E-state index is 0.420. The lowest BCUT2D eigenvalue weighted by Gasteiger charge is -2.27. The molecule has 0 aromatic carbocycles. The molecule has 1 aliphatic rings. The van der Waals surface area contributed by atoms with E-state index in [2.05, 4.69) is 28.8 Å². The highest BCUT2D eigenvalue weighted by molar-refractivity contribution is 4.99. The predicted octanol–water partition coefficient (Wildman–Crippen LogP) is 2.79. The molecule has 1 saturated carbocycles. The molecule has 0 saturated heterocycles. The largest absolute Gasteiger partial charge is 0.337 e. The van der Waals surface area contributed by atoms with Gasteiger partial charge in [0.2, 0.25) is 0 Å². The minimum absolute atomic E-state index is 0.420. The molecule has 1 aromatic heterocycles. The molecule has 0 radical (unpaired) electrons. The molecule has 1 atom stereocenters. The Bertz CT molecular complexity index is 313. The zero-order valence-electron chi connectivity index (χ0n) is 10.4. The Hall–Kier alpha value is -0.830. The summed E-state index contributed by atoms with van der Waals surface area (Å²) in [7, 11) is 2.08. The maximum Gasteiger partial charge on any atom is 0.125 e. The van der Waals surface area contributed by atoms with Crippen molar-refractivity contribution in [2.75, 3.05) is 0 Å². The van der Waals surface area contributed by atoms with Crippen LogP contribution in [0.3, 0.4) is 0 Å². The summed E-state index contributed by atoms with van der Waals surface area (Å²) in [6, 6.07) is 1.12. The second-order valence-electron chi connectivity index (χ2n) is 4.86. The number of imidazole rings is 1. The average Bonchev–Trinajstić information content (AvgIpc) is 2.74. The molecule has 1 unspecified atom stereocenters. The molecule has 3 nitrogen and oxygen atoms in total. The molecule has 0 bridgehead atoms. The molecule has 1 aliphatic carbocycles. The predicted molar refractivity (Wildman–Crippen MR) is 66.2 cm³/mol. The van der Waals surface area contributed by atoms with Gasteiger partial charge in [-0.3, -0.25) is 0 Å².